The minimum Gasteiger partial charge on any atom is -0.480 e. The van der Waals surface area contributed by atoms with Crippen LogP contribution in [0.5, 0.6) is 0 Å². The van der Waals surface area contributed by atoms with Gasteiger partial charge in [0.1, 0.15) is 6.04 Å². The molecule has 1 aromatic carbocycles. The maximum atomic E-state index is 11.9. The first-order valence-electron chi connectivity index (χ1n) is 5.09. The summed E-state index contributed by atoms with van der Waals surface area (Å²) in [6.45, 7) is 1.36. The van der Waals surface area contributed by atoms with Gasteiger partial charge < -0.3 is 10.0 Å². The second kappa shape index (κ2) is 5.26. The van der Waals surface area contributed by atoms with Crippen LogP contribution in [0.2, 0.25) is 0 Å². The zero-order valence-electron chi connectivity index (χ0n) is 9.86. The number of nitrogens with zero attached hydrogens (tertiary/aromatic N) is 2. The molecule has 0 fully saturated rings. The molecule has 0 radical (unpaired) electrons. The lowest BCUT2D eigenvalue weighted by molar-refractivity contribution is -0.384. The Hall–Kier alpha value is -2.44. The summed E-state index contributed by atoms with van der Waals surface area (Å²) in [6, 6.07) is 4.16. The number of carboxylic acid groups (broad SMARTS) is 1. The largest absolute Gasteiger partial charge is 0.480 e. The van der Waals surface area contributed by atoms with E-state index < -0.39 is 22.8 Å². The molecule has 1 rings (SSSR count). The Kier molecular flexibility index (Phi) is 3.98. The van der Waals surface area contributed by atoms with Crippen LogP contribution < -0.4 is 0 Å². The van der Waals surface area contributed by atoms with E-state index in [4.69, 9.17) is 5.11 Å². The molecule has 1 unspecified atom stereocenters. The molecule has 0 aliphatic heterocycles. The number of nitro groups is 1. The number of carbonyl (C=O) groups excluding carboxylic acids is 1. The molecule has 0 saturated carbocycles. The van der Waals surface area contributed by atoms with Crippen LogP contribution in [0.1, 0.15) is 17.3 Å². The molecule has 0 spiro atoms. The van der Waals surface area contributed by atoms with Gasteiger partial charge in [0, 0.05) is 24.7 Å². The number of amides is 1. The van der Waals surface area contributed by atoms with E-state index >= 15 is 0 Å². The minimum absolute atomic E-state index is 0.0831. The van der Waals surface area contributed by atoms with Crippen molar-refractivity contribution in [3.05, 3.63) is 39.9 Å². The summed E-state index contributed by atoms with van der Waals surface area (Å²) in [5.41, 5.74) is -0.128. The Bertz CT molecular complexity index is 500. The van der Waals surface area contributed by atoms with Crippen LogP contribution >= 0.6 is 0 Å². The number of carbonyl (C=O) groups is 2. The summed E-state index contributed by atoms with van der Waals surface area (Å²) < 4.78 is 0. The highest BCUT2D eigenvalue weighted by molar-refractivity contribution is 5.96. The third kappa shape index (κ3) is 2.82. The van der Waals surface area contributed by atoms with Crippen LogP contribution in [0.15, 0.2) is 24.3 Å². The van der Waals surface area contributed by atoms with Gasteiger partial charge in [-0.15, -0.1) is 0 Å². The molecule has 0 bridgehead atoms. The molecule has 96 valence electrons. The number of likely N-dealkylation sites (N-methyl/N-ethyl adjacent to an activating group) is 1. The summed E-state index contributed by atoms with van der Waals surface area (Å²) in [5, 5.41) is 19.4. The number of aliphatic carboxylic acids is 1. The van der Waals surface area contributed by atoms with Crippen molar-refractivity contribution < 1.29 is 19.6 Å². The maximum absolute atomic E-state index is 11.9. The van der Waals surface area contributed by atoms with E-state index in [-0.39, 0.29) is 11.3 Å². The molecule has 1 aromatic rings. The molecule has 18 heavy (non-hydrogen) atoms. The molecule has 1 amide bonds. The SMILES string of the molecule is CC(C(=O)O)N(C)C(=O)c1cccc([N+](=O)[O-])c1. The lowest BCUT2D eigenvalue weighted by Gasteiger charge is -2.21. The fourth-order valence-corrected chi connectivity index (χ4v) is 1.30. The zero-order chi connectivity index (χ0) is 13.9. The van der Waals surface area contributed by atoms with E-state index in [1.165, 1.54) is 32.2 Å². The normalized spacial score (nSPS) is 11.7. The predicted molar refractivity (Wildman–Crippen MR) is 62.3 cm³/mol. The van der Waals surface area contributed by atoms with Gasteiger partial charge in [-0.2, -0.15) is 0 Å². The third-order valence-electron chi connectivity index (χ3n) is 2.56. The average Bonchev–Trinajstić information content (AvgIpc) is 2.36. The fraction of sp³-hybridized carbons (Fsp3) is 0.273. The van der Waals surface area contributed by atoms with Crippen LogP contribution in [0.25, 0.3) is 0 Å². The summed E-state index contributed by atoms with van der Waals surface area (Å²) in [7, 11) is 1.33. The van der Waals surface area contributed by atoms with E-state index in [2.05, 4.69) is 0 Å². The Labute approximate surface area is 103 Å². The highest BCUT2D eigenvalue weighted by Gasteiger charge is 2.23. The van der Waals surface area contributed by atoms with Gasteiger partial charge in [-0.05, 0) is 13.0 Å². The van der Waals surface area contributed by atoms with E-state index in [0.29, 0.717) is 0 Å². The molecule has 7 nitrogen and oxygen atoms in total. The lowest BCUT2D eigenvalue weighted by Crippen LogP contribution is -2.40. The molecule has 0 heterocycles. The third-order valence-corrected chi connectivity index (χ3v) is 2.56. The zero-order valence-corrected chi connectivity index (χ0v) is 9.86. The predicted octanol–water partition coefficient (Wildman–Crippen LogP) is 1.14. The van der Waals surface area contributed by atoms with Gasteiger partial charge in [0.2, 0.25) is 0 Å². The van der Waals surface area contributed by atoms with Gasteiger partial charge in [0.25, 0.3) is 11.6 Å². The van der Waals surface area contributed by atoms with Gasteiger partial charge in [0.15, 0.2) is 0 Å². The second-order valence-corrected chi connectivity index (χ2v) is 3.74. The first kappa shape index (κ1) is 13.6. The summed E-state index contributed by atoms with van der Waals surface area (Å²) in [6.07, 6.45) is 0. The summed E-state index contributed by atoms with van der Waals surface area (Å²) >= 11 is 0. The van der Waals surface area contributed by atoms with Crippen molar-refractivity contribution >= 4 is 17.6 Å². The smallest absolute Gasteiger partial charge is 0.326 e. The molecule has 0 saturated heterocycles. The van der Waals surface area contributed by atoms with Crippen LogP contribution in [0.3, 0.4) is 0 Å². The molecule has 7 heteroatoms. The average molecular weight is 252 g/mol. The molecular weight excluding hydrogens is 240 g/mol. The first-order valence-corrected chi connectivity index (χ1v) is 5.09. The summed E-state index contributed by atoms with van der Waals surface area (Å²) in [5.74, 6) is -1.72. The summed E-state index contributed by atoms with van der Waals surface area (Å²) in [4.78, 5) is 33.6. The van der Waals surface area contributed by atoms with Crippen molar-refractivity contribution in [2.45, 2.75) is 13.0 Å². The highest BCUT2D eigenvalue weighted by Crippen LogP contribution is 2.15. The number of benzene rings is 1. The molecule has 0 aliphatic rings. The lowest BCUT2D eigenvalue weighted by atomic mass is 10.1. The maximum Gasteiger partial charge on any atom is 0.326 e. The Morgan fingerprint density at radius 2 is 2.06 bits per heavy atom. The van der Waals surface area contributed by atoms with E-state index in [1.54, 1.807) is 0 Å². The Balaban J connectivity index is 3.00. The van der Waals surface area contributed by atoms with E-state index in [0.717, 1.165) is 11.0 Å². The highest BCUT2D eigenvalue weighted by atomic mass is 16.6. The number of nitro benzene ring substituents is 1. The van der Waals surface area contributed by atoms with Gasteiger partial charge in [0.05, 0.1) is 4.92 Å². The van der Waals surface area contributed by atoms with Crippen LogP contribution in [0.4, 0.5) is 5.69 Å². The number of hydrogen-bond acceptors (Lipinski definition) is 4. The van der Waals surface area contributed by atoms with Crippen LogP contribution in [0, 0.1) is 10.1 Å². The Morgan fingerprint density at radius 3 is 2.56 bits per heavy atom. The van der Waals surface area contributed by atoms with Crippen molar-refractivity contribution in [1.82, 2.24) is 4.90 Å². The second-order valence-electron chi connectivity index (χ2n) is 3.74. The van der Waals surface area contributed by atoms with E-state index in [1.807, 2.05) is 0 Å². The van der Waals surface area contributed by atoms with Gasteiger partial charge in [-0.25, -0.2) is 4.79 Å². The number of carboxylic acids is 1. The van der Waals surface area contributed by atoms with Crippen molar-refractivity contribution in [1.29, 1.82) is 0 Å². The quantitative estimate of drug-likeness (QED) is 0.639. The standard InChI is InChI=1S/C11H12N2O5/c1-7(11(15)16)12(2)10(14)8-4-3-5-9(6-8)13(17)18/h3-7H,1-2H3,(H,15,16). The van der Waals surface area contributed by atoms with Crippen LogP contribution in [-0.2, 0) is 4.79 Å². The number of hydrogen-bond donors (Lipinski definition) is 1. The topological polar surface area (TPSA) is 101 Å². The van der Waals surface area contributed by atoms with Crippen LogP contribution in [-0.4, -0.2) is 39.9 Å². The Morgan fingerprint density at radius 1 is 1.44 bits per heavy atom. The molecule has 0 aromatic heterocycles. The van der Waals surface area contributed by atoms with Gasteiger partial charge >= 0.3 is 5.97 Å². The van der Waals surface area contributed by atoms with Gasteiger partial charge in [-0.3, -0.25) is 14.9 Å². The van der Waals surface area contributed by atoms with Crippen molar-refractivity contribution in [3.8, 4) is 0 Å². The first-order chi connectivity index (χ1) is 8.34. The fourth-order valence-electron chi connectivity index (χ4n) is 1.30. The van der Waals surface area contributed by atoms with Crippen molar-refractivity contribution in [2.75, 3.05) is 7.05 Å². The molecular formula is C11H12N2O5. The number of non-ortho nitro benzene ring substituents is 1. The number of rotatable bonds is 4. The molecule has 1 N–H and O–H groups in total. The molecule has 0 aliphatic carbocycles. The monoisotopic (exact) mass is 252 g/mol. The van der Waals surface area contributed by atoms with E-state index in [9.17, 15) is 19.7 Å². The van der Waals surface area contributed by atoms with Gasteiger partial charge in [-0.1, -0.05) is 6.07 Å². The minimum atomic E-state index is -1.14. The van der Waals surface area contributed by atoms with Crippen molar-refractivity contribution in [2.24, 2.45) is 0 Å². The molecule has 1 atom stereocenters. The van der Waals surface area contributed by atoms with Crippen molar-refractivity contribution in [3.63, 3.8) is 0 Å².